The Morgan fingerprint density at radius 1 is 0.962 bits per heavy atom. The number of methoxy groups -OCH3 is 1. The maximum Gasteiger partial charge on any atom is 0.241 e. The third kappa shape index (κ3) is 4.17. The molecular formula is C19H24N2O4S. The molecule has 0 aliphatic heterocycles. The van der Waals surface area contributed by atoms with Crippen LogP contribution in [0.1, 0.15) is 25.7 Å². The van der Waals surface area contributed by atoms with E-state index in [9.17, 15) is 8.42 Å². The number of hydrogen-bond donors (Lipinski definition) is 2. The topological polar surface area (TPSA) is 90.6 Å². The first kappa shape index (κ1) is 18.7. The summed E-state index contributed by atoms with van der Waals surface area (Å²) in [5.74, 6) is 1.95. The second-order valence-electron chi connectivity index (χ2n) is 6.55. The molecule has 2 aromatic carbocycles. The van der Waals surface area contributed by atoms with E-state index in [1.165, 1.54) is 0 Å². The summed E-state index contributed by atoms with van der Waals surface area (Å²) >= 11 is 0. The normalized spacial score (nSPS) is 16.4. The number of sulfonamides is 1. The second kappa shape index (κ2) is 7.65. The van der Waals surface area contributed by atoms with Gasteiger partial charge in [-0.2, -0.15) is 0 Å². The summed E-state index contributed by atoms with van der Waals surface area (Å²) in [6.07, 6.45) is 3.55. The second-order valence-corrected chi connectivity index (χ2v) is 8.23. The minimum absolute atomic E-state index is 0.208. The van der Waals surface area contributed by atoms with Crippen molar-refractivity contribution in [2.75, 3.05) is 13.7 Å². The van der Waals surface area contributed by atoms with Gasteiger partial charge in [-0.05, 0) is 61.4 Å². The van der Waals surface area contributed by atoms with Crippen LogP contribution in [-0.2, 0) is 10.0 Å². The zero-order chi connectivity index (χ0) is 18.6. The number of rotatable bonds is 7. The van der Waals surface area contributed by atoms with Crippen LogP contribution in [0.25, 0.3) is 0 Å². The molecule has 0 spiro atoms. The predicted octanol–water partition coefficient (Wildman–Crippen LogP) is 3.04. The lowest BCUT2D eigenvalue weighted by atomic mass is 10.0. The molecular weight excluding hydrogens is 352 g/mol. The van der Waals surface area contributed by atoms with E-state index in [-0.39, 0.29) is 4.90 Å². The van der Waals surface area contributed by atoms with Gasteiger partial charge in [0.25, 0.3) is 0 Å². The average molecular weight is 376 g/mol. The third-order valence-electron chi connectivity index (χ3n) is 4.73. The Morgan fingerprint density at radius 2 is 1.46 bits per heavy atom. The molecule has 140 valence electrons. The molecule has 7 heteroatoms. The van der Waals surface area contributed by atoms with Crippen molar-refractivity contribution in [3.63, 3.8) is 0 Å². The lowest BCUT2D eigenvalue weighted by Crippen LogP contribution is -2.51. The van der Waals surface area contributed by atoms with Crippen LogP contribution in [0.15, 0.2) is 53.4 Å². The molecule has 0 aromatic heterocycles. The Labute approximate surface area is 154 Å². The maximum absolute atomic E-state index is 12.7. The van der Waals surface area contributed by atoms with Crippen LogP contribution in [0.5, 0.6) is 17.2 Å². The van der Waals surface area contributed by atoms with Crippen LogP contribution < -0.4 is 19.9 Å². The van der Waals surface area contributed by atoms with Gasteiger partial charge in [0.15, 0.2) is 0 Å². The Hall–Kier alpha value is -2.09. The zero-order valence-corrected chi connectivity index (χ0v) is 15.6. The number of benzene rings is 2. The number of nitrogens with two attached hydrogens (primary N) is 1. The molecule has 26 heavy (non-hydrogen) atoms. The van der Waals surface area contributed by atoms with Gasteiger partial charge in [-0.1, -0.05) is 12.8 Å². The highest BCUT2D eigenvalue weighted by atomic mass is 32.2. The van der Waals surface area contributed by atoms with Crippen molar-refractivity contribution >= 4 is 10.0 Å². The van der Waals surface area contributed by atoms with Crippen LogP contribution in [0.4, 0.5) is 0 Å². The van der Waals surface area contributed by atoms with E-state index in [2.05, 4.69) is 4.72 Å². The minimum Gasteiger partial charge on any atom is -0.497 e. The lowest BCUT2D eigenvalue weighted by molar-refractivity contribution is 0.399. The third-order valence-corrected chi connectivity index (χ3v) is 6.33. The van der Waals surface area contributed by atoms with E-state index < -0.39 is 15.6 Å². The van der Waals surface area contributed by atoms with Gasteiger partial charge in [0.1, 0.15) is 17.2 Å². The highest BCUT2D eigenvalue weighted by Crippen LogP contribution is 2.31. The molecule has 1 fully saturated rings. The van der Waals surface area contributed by atoms with Crippen LogP contribution in [0, 0.1) is 0 Å². The molecule has 6 nitrogen and oxygen atoms in total. The molecule has 0 radical (unpaired) electrons. The molecule has 0 bridgehead atoms. The smallest absolute Gasteiger partial charge is 0.241 e. The summed E-state index contributed by atoms with van der Waals surface area (Å²) in [7, 11) is -2.01. The monoisotopic (exact) mass is 376 g/mol. The van der Waals surface area contributed by atoms with E-state index in [1.807, 2.05) is 0 Å². The summed E-state index contributed by atoms with van der Waals surface area (Å²) < 4.78 is 39.0. The Kier molecular flexibility index (Phi) is 5.50. The van der Waals surface area contributed by atoms with E-state index in [1.54, 1.807) is 55.6 Å². The highest BCUT2D eigenvalue weighted by molar-refractivity contribution is 7.89. The molecule has 0 saturated heterocycles. The summed E-state index contributed by atoms with van der Waals surface area (Å²) in [5.41, 5.74) is 5.31. The maximum atomic E-state index is 12.7. The lowest BCUT2D eigenvalue weighted by Gasteiger charge is -2.28. The standard InChI is InChI=1S/C19H24N2O4S/c1-24-15-4-6-16(7-5-15)25-17-8-10-18(11-9-17)26(22,23)21-19(14-20)12-2-3-13-19/h4-11,21H,2-3,12-14,20H2,1H3. The van der Waals surface area contributed by atoms with E-state index in [4.69, 9.17) is 15.2 Å². The number of hydrogen-bond acceptors (Lipinski definition) is 5. The molecule has 0 heterocycles. The van der Waals surface area contributed by atoms with Crippen LogP contribution >= 0.6 is 0 Å². The molecule has 1 aliphatic rings. The average Bonchev–Trinajstić information content (AvgIpc) is 3.11. The summed E-state index contributed by atoms with van der Waals surface area (Å²) in [5, 5.41) is 0. The predicted molar refractivity (Wildman–Crippen MR) is 100 cm³/mol. The first-order valence-corrected chi connectivity index (χ1v) is 10.1. The van der Waals surface area contributed by atoms with Gasteiger partial charge in [-0.25, -0.2) is 13.1 Å². The molecule has 1 saturated carbocycles. The molecule has 0 unspecified atom stereocenters. The van der Waals surface area contributed by atoms with E-state index in [0.29, 0.717) is 18.0 Å². The summed E-state index contributed by atoms with van der Waals surface area (Å²) in [6.45, 7) is 0.310. The first-order chi connectivity index (χ1) is 12.5. The van der Waals surface area contributed by atoms with Gasteiger partial charge in [0.05, 0.1) is 12.0 Å². The van der Waals surface area contributed by atoms with Crippen molar-refractivity contribution in [1.82, 2.24) is 4.72 Å². The van der Waals surface area contributed by atoms with Crippen molar-refractivity contribution in [1.29, 1.82) is 0 Å². The van der Waals surface area contributed by atoms with Crippen molar-refractivity contribution in [3.8, 4) is 17.2 Å². The molecule has 0 atom stereocenters. The SMILES string of the molecule is COc1ccc(Oc2ccc(S(=O)(=O)NC3(CN)CCCC3)cc2)cc1. The first-order valence-electron chi connectivity index (χ1n) is 8.62. The van der Waals surface area contributed by atoms with Gasteiger partial charge >= 0.3 is 0 Å². The van der Waals surface area contributed by atoms with Crippen molar-refractivity contribution in [2.45, 2.75) is 36.1 Å². The molecule has 2 aromatic rings. The zero-order valence-electron chi connectivity index (χ0n) is 14.8. The van der Waals surface area contributed by atoms with Gasteiger partial charge < -0.3 is 15.2 Å². The minimum atomic E-state index is -3.61. The number of ether oxygens (including phenoxy) is 2. The van der Waals surface area contributed by atoms with Crippen molar-refractivity contribution in [2.24, 2.45) is 5.73 Å². The fourth-order valence-corrected chi connectivity index (χ4v) is 4.68. The van der Waals surface area contributed by atoms with Gasteiger partial charge in [-0.15, -0.1) is 0 Å². The Balaban J connectivity index is 1.71. The fraction of sp³-hybridized carbons (Fsp3) is 0.368. The molecule has 3 N–H and O–H groups in total. The summed E-state index contributed by atoms with van der Waals surface area (Å²) in [4.78, 5) is 0.208. The van der Waals surface area contributed by atoms with Crippen LogP contribution in [0.2, 0.25) is 0 Å². The molecule has 3 rings (SSSR count). The van der Waals surface area contributed by atoms with Gasteiger partial charge in [-0.3, -0.25) is 0 Å². The summed E-state index contributed by atoms with van der Waals surface area (Å²) in [6, 6.07) is 13.5. The molecule has 0 amide bonds. The van der Waals surface area contributed by atoms with Gasteiger partial charge in [0, 0.05) is 12.1 Å². The van der Waals surface area contributed by atoms with Crippen molar-refractivity contribution < 1.29 is 17.9 Å². The van der Waals surface area contributed by atoms with E-state index in [0.717, 1.165) is 31.4 Å². The van der Waals surface area contributed by atoms with Crippen molar-refractivity contribution in [3.05, 3.63) is 48.5 Å². The van der Waals surface area contributed by atoms with Gasteiger partial charge in [0.2, 0.25) is 10.0 Å². The Bertz CT molecular complexity index is 827. The fourth-order valence-electron chi connectivity index (χ4n) is 3.21. The van der Waals surface area contributed by atoms with Crippen LogP contribution in [0.3, 0.4) is 0 Å². The van der Waals surface area contributed by atoms with Crippen LogP contribution in [-0.4, -0.2) is 27.6 Å². The quantitative estimate of drug-likeness (QED) is 0.775. The van der Waals surface area contributed by atoms with E-state index >= 15 is 0 Å². The highest BCUT2D eigenvalue weighted by Gasteiger charge is 2.36. The largest absolute Gasteiger partial charge is 0.497 e. The molecule has 1 aliphatic carbocycles. The number of nitrogens with one attached hydrogen (secondary N) is 1. The Morgan fingerprint density at radius 3 is 1.96 bits per heavy atom.